The van der Waals surface area contributed by atoms with Crippen LogP contribution in [0.25, 0.3) is 0 Å². The second-order valence-corrected chi connectivity index (χ2v) is 4.36. The molecule has 18 heavy (non-hydrogen) atoms. The van der Waals surface area contributed by atoms with Crippen molar-refractivity contribution in [2.24, 2.45) is 5.84 Å². The molecule has 104 valence electrons. The number of nitrogens with zero attached hydrogens (tertiary/aromatic N) is 2. The molecule has 0 aliphatic rings. The van der Waals surface area contributed by atoms with Gasteiger partial charge < -0.3 is 9.47 Å². The van der Waals surface area contributed by atoms with E-state index >= 15 is 0 Å². The maximum Gasteiger partial charge on any atom is 0.173 e. The van der Waals surface area contributed by atoms with Crippen LogP contribution < -0.4 is 11.3 Å². The quantitative estimate of drug-likeness (QED) is 0.410. The smallest absolute Gasteiger partial charge is 0.173 e. The molecule has 0 aromatic carbocycles. The Morgan fingerprint density at radius 2 is 2.11 bits per heavy atom. The molecule has 0 spiro atoms. The first-order chi connectivity index (χ1) is 8.65. The molecule has 0 saturated heterocycles. The minimum absolute atomic E-state index is 0.125. The summed E-state index contributed by atoms with van der Waals surface area (Å²) in [6.45, 7) is 4.28. The van der Waals surface area contributed by atoms with Crippen LogP contribution in [0.3, 0.4) is 0 Å². The molecule has 0 aliphatic heterocycles. The van der Waals surface area contributed by atoms with Crippen LogP contribution in [0.15, 0.2) is 12.3 Å². The lowest BCUT2D eigenvalue weighted by molar-refractivity contribution is -0.122. The monoisotopic (exact) mass is 256 g/mol. The van der Waals surface area contributed by atoms with Crippen molar-refractivity contribution in [2.75, 3.05) is 14.2 Å². The van der Waals surface area contributed by atoms with Gasteiger partial charge in [-0.1, -0.05) is 6.92 Å². The van der Waals surface area contributed by atoms with E-state index in [1.54, 1.807) is 14.2 Å². The van der Waals surface area contributed by atoms with Crippen molar-refractivity contribution in [3.8, 4) is 0 Å². The Morgan fingerprint density at radius 3 is 2.61 bits per heavy atom. The van der Waals surface area contributed by atoms with Crippen LogP contribution >= 0.6 is 0 Å². The SMILES string of the molecule is CCC(C)n1ccc(CC(NN)C(OC)OC)n1. The highest BCUT2D eigenvalue weighted by molar-refractivity contribution is 5.02. The first-order valence-corrected chi connectivity index (χ1v) is 6.22. The highest BCUT2D eigenvalue weighted by atomic mass is 16.7. The van der Waals surface area contributed by atoms with Crippen molar-refractivity contribution in [3.05, 3.63) is 18.0 Å². The summed E-state index contributed by atoms with van der Waals surface area (Å²) >= 11 is 0. The summed E-state index contributed by atoms with van der Waals surface area (Å²) in [5, 5.41) is 4.53. The standard InChI is InChI=1S/C12H24N4O2/c1-5-9(2)16-7-6-10(15-16)8-11(14-13)12(17-3)18-4/h6-7,9,11-12,14H,5,8,13H2,1-4H3. The summed E-state index contributed by atoms with van der Waals surface area (Å²) in [5.41, 5.74) is 3.68. The third kappa shape index (κ3) is 3.78. The largest absolute Gasteiger partial charge is 0.354 e. The predicted molar refractivity (Wildman–Crippen MR) is 69.9 cm³/mol. The van der Waals surface area contributed by atoms with Crippen molar-refractivity contribution in [1.29, 1.82) is 0 Å². The third-order valence-corrected chi connectivity index (χ3v) is 3.14. The maximum atomic E-state index is 5.52. The third-order valence-electron chi connectivity index (χ3n) is 3.14. The van der Waals surface area contributed by atoms with E-state index in [9.17, 15) is 0 Å². The fraction of sp³-hybridized carbons (Fsp3) is 0.750. The number of hydrogen-bond donors (Lipinski definition) is 2. The van der Waals surface area contributed by atoms with Gasteiger partial charge in [0.2, 0.25) is 0 Å². The van der Waals surface area contributed by atoms with Crippen molar-refractivity contribution < 1.29 is 9.47 Å². The number of hydrogen-bond acceptors (Lipinski definition) is 5. The van der Waals surface area contributed by atoms with E-state index in [0.29, 0.717) is 12.5 Å². The zero-order chi connectivity index (χ0) is 13.5. The summed E-state index contributed by atoms with van der Waals surface area (Å²) in [7, 11) is 3.19. The van der Waals surface area contributed by atoms with Crippen molar-refractivity contribution in [2.45, 2.75) is 45.1 Å². The average molecular weight is 256 g/mol. The molecular weight excluding hydrogens is 232 g/mol. The topological polar surface area (TPSA) is 74.3 Å². The number of nitrogens with one attached hydrogen (secondary N) is 1. The Bertz CT molecular complexity index is 339. The Kier molecular flexibility index (Phi) is 6.28. The molecular formula is C12H24N4O2. The van der Waals surface area contributed by atoms with E-state index in [1.165, 1.54) is 0 Å². The molecule has 1 rings (SSSR count). The molecule has 0 amide bonds. The van der Waals surface area contributed by atoms with Crippen LogP contribution in [0.5, 0.6) is 0 Å². The molecule has 2 atom stereocenters. The Balaban J connectivity index is 2.67. The second kappa shape index (κ2) is 7.48. The summed E-state index contributed by atoms with van der Waals surface area (Å²) in [6.07, 6.45) is 3.32. The molecule has 3 N–H and O–H groups in total. The van der Waals surface area contributed by atoms with Crippen LogP contribution in [0, 0.1) is 0 Å². The Morgan fingerprint density at radius 1 is 1.44 bits per heavy atom. The predicted octanol–water partition coefficient (Wildman–Crippen LogP) is 0.847. The number of methoxy groups -OCH3 is 2. The minimum atomic E-state index is -0.385. The summed E-state index contributed by atoms with van der Waals surface area (Å²) < 4.78 is 12.4. The van der Waals surface area contributed by atoms with E-state index in [2.05, 4.69) is 24.4 Å². The van der Waals surface area contributed by atoms with Gasteiger partial charge in [-0.25, -0.2) is 0 Å². The van der Waals surface area contributed by atoms with Gasteiger partial charge in [0, 0.05) is 32.9 Å². The number of nitrogens with two attached hydrogens (primary N) is 1. The summed E-state index contributed by atoms with van der Waals surface area (Å²) in [5.74, 6) is 5.52. The number of rotatable bonds is 8. The Hall–Kier alpha value is -0.950. The van der Waals surface area contributed by atoms with Gasteiger partial charge >= 0.3 is 0 Å². The lowest BCUT2D eigenvalue weighted by Gasteiger charge is -2.23. The number of hydrazine groups is 1. The lowest BCUT2D eigenvalue weighted by atomic mass is 10.1. The highest BCUT2D eigenvalue weighted by Crippen LogP contribution is 2.11. The average Bonchev–Trinajstić information content (AvgIpc) is 2.86. The minimum Gasteiger partial charge on any atom is -0.354 e. The molecule has 2 unspecified atom stereocenters. The van der Waals surface area contributed by atoms with Crippen LogP contribution in [0.4, 0.5) is 0 Å². The lowest BCUT2D eigenvalue weighted by Crippen LogP contribution is -2.47. The highest BCUT2D eigenvalue weighted by Gasteiger charge is 2.21. The van der Waals surface area contributed by atoms with Gasteiger partial charge in [0.15, 0.2) is 6.29 Å². The molecule has 6 nitrogen and oxygen atoms in total. The van der Waals surface area contributed by atoms with Gasteiger partial charge in [0.05, 0.1) is 11.7 Å². The zero-order valence-electron chi connectivity index (χ0n) is 11.6. The van der Waals surface area contributed by atoms with Gasteiger partial charge in [0.25, 0.3) is 0 Å². The van der Waals surface area contributed by atoms with Crippen LogP contribution in [-0.2, 0) is 15.9 Å². The molecule has 1 heterocycles. The molecule has 0 fully saturated rings. The van der Waals surface area contributed by atoms with E-state index in [4.69, 9.17) is 15.3 Å². The normalized spacial score (nSPS) is 15.0. The summed E-state index contributed by atoms with van der Waals surface area (Å²) in [6, 6.07) is 2.28. The molecule has 0 saturated carbocycles. The molecule has 0 aliphatic carbocycles. The van der Waals surface area contributed by atoms with Crippen molar-refractivity contribution in [3.63, 3.8) is 0 Å². The molecule has 6 heteroatoms. The van der Waals surface area contributed by atoms with E-state index in [-0.39, 0.29) is 12.3 Å². The van der Waals surface area contributed by atoms with Crippen molar-refractivity contribution >= 4 is 0 Å². The van der Waals surface area contributed by atoms with Gasteiger partial charge in [-0.2, -0.15) is 5.10 Å². The summed E-state index contributed by atoms with van der Waals surface area (Å²) in [4.78, 5) is 0. The van der Waals surface area contributed by atoms with Crippen LogP contribution in [-0.4, -0.2) is 36.3 Å². The molecule has 0 radical (unpaired) electrons. The van der Waals surface area contributed by atoms with Gasteiger partial charge in [0.1, 0.15) is 0 Å². The van der Waals surface area contributed by atoms with Gasteiger partial charge in [-0.3, -0.25) is 16.0 Å². The van der Waals surface area contributed by atoms with Crippen molar-refractivity contribution in [1.82, 2.24) is 15.2 Å². The first-order valence-electron chi connectivity index (χ1n) is 6.22. The fourth-order valence-corrected chi connectivity index (χ4v) is 1.80. The number of ether oxygens (including phenoxy) is 2. The van der Waals surface area contributed by atoms with Crippen LogP contribution in [0.2, 0.25) is 0 Å². The van der Waals surface area contributed by atoms with Gasteiger partial charge in [-0.05, 0) is 19.4 Å². The number of aromatic nitrogens is 2. The molecule has 0 bridgehead atoms. The van der Waals surface area contributed by atoms with Crippen LogP contribution in [0.1, 0.15) is 32.0 Å². The maximum absolute atomic E-state index is 5.52. The molecule has 1 aromatic heterocycles. The van der Waals surface area contributed by atoms with Gasteiger partial charge in [-0.15, -0.1) is 0 Å². The van der Waals surface area contributed by atoms with E-state index in [0.717, 1.165) is 12.1 Å². The first kappa shape index (κ1) is 15.1. The van der Waals surface area contributed by atoms with E-state index < -0.39 is 0 Å². The second-order valence-electron chi connectivity index (χ2n) is 4.36. The Labute approximate surface area is 108 Å². The van der Waals surface area contributed by atoms with E-state index in [1.807, 2.05) is 16.9 Å². The fourth-order valence-electron chi connectivity index (χ4n) is 1.80. The molecule has 1 aromatic rings. The zero-order valence-corrected chi connectivity index (χ0v) is 11.6.